The van der Waals surface area contributed by atoms with Crippen molar-refractivity contribution in [2.45, 2.75) is 19.2 Å². The van der Waals surface area contributed by atoms with Gasteiger partial charge in [0.1, 0.15) is 23.0 Å². The van der Waals surface area contributed by atoms with Gasteiger partial charge >= 0.3 is 12.8 Å². The van der Waals surface area contributed by atoms with Crippen molar-refractivity contribution in [3.63, 3.8) is 0 Å². The maximum atomic E-state index is 12.7. The van der Waals surface area contributed by atoms with E-state index in [2.05, 4.69) is 20.0 Å². The molecule has 2 aromatic rings. The maximum Gasteiger partial charge on any atom is 0.416 e. The van der Waals surface area contributed by atoms with Crippen molar-refractivity contribution in [1.82, 2.24) is 9.97 Å². The molecule has 1 aromatic carbocycles. The van der Waals surface area contributed by atoms with Gasteiger partial charge in [0, 0.05) is 12.6 Å². The molecule has 0 unspecified atom stereocenters. The Bertz CT molecular complexity index is 696. The Morgan fingerprint density at radius 2 is 1.92 bits per heavy atom. The number of halogens is 6. The van der Waals surface area contributed by atoms with E-state index in [0.717, 1.165) is 12.1 Å². The number of ether oxygens (including phenoxy) is 1. The number of benzene rings is 1. The van der Waals surface area contributed by atoms with Crippen LogP contribution >= 0.6 is 11.6 Å². The minimum atomic E-state index is -4.64. The fourth-order valence-corrected chi connectivity index (χ4v) is 2.05. The lowest BCUT2D eigenvalue weighted by Crippen LogP contribution is -2.12. The summed E-state index contributed by atoms with van der Waals surface area (Å²) in [5, 5.41) is 3.07. The summed E-state index contributed by atoms with van der Waals surface area (Å²) in [6.07, 6.45) is -3.27. The van der Waals surface area contributed by atoms with Crippen LogP contribution in [0, 0.1) is 0 Å². The second-order valence-electron chi connectivity index (χ2n) is 4.60. The van der Waals surface area contributed by atoms with Gasteiger partial charge in [0.15, 0.2) is 0 Å². The van der Waals surface area contributed by atoms with Crippen LogP contribution in [0.5, 0.6) is 5.75 Å². The predicted molar refractivity (Wildman–Crippen MR) is 77.3 cm³/mol. The van der Waals surface area contributed by atoms with Crippen LogP contribution in [0.2, 0.25) is 5.15 Å². The summed E-state index contributed by atoms with van der Waals surface area (Å²) in [4.78, 5) is 7.57. The molecule has 130 valence electrons. The first-order chi connectivity index (χ1) is 11.3. The van der Waals surface area contributed by atoms with Gasteiger partial charge in [-0.1, -0.05) is 17.7 Å². The Hall–Kier alpha value is -2.16. The van der Waals surface area contributed by atoms with Crippen molar-refractivity contribution in [3.05, 3.63) is 46.9 Å². The lowest BCUT2D eigenvalue weighted by Gasteiger charge is -2.14. The molecule has 1 heterocycles. The van der Waals surface area contributed by atoms with Crippen molar-refractivity contribution in [3.8, 4) is 5.75 Å². The molecule has 0 bridgehead atoms. The summed E-state index contributed by atoms with van der Waals surface area (Å²) >= 11 is 5.68. The van der Waals surface area contributed by atoms with Gasteiger partial charge in [0.05, 0.1) is 5.56 Å². The number of rotatable bonds is 6. The third-order valence-corrected chi connectivity index (χ3v) is 3.15. The van der Waals surface area contributed by atoms with Crippen molar-refractivity contribution in [2.75, 3.05) is 11.9 Å². The van der Waals surface area contributed by atoms with E-state index in [0.29, 0.717) is 11.9 Å². The number of hydrogen-bond donors (Lipinski definition) is 1. The first-order valence-electron chi connectivity index (χ1n) is 6.62. The highest BCUT2D eigenvalue weighted by molar-refractivity contribution is 6.29. The molecule has 4 nitrogen and oxygen atoms in total. The summed E-state index contributed by atoms with van der Waals surface area (Å²) in [7, 11) is 0. The van der Waals surface area contributed by atoms with Crippen molar-refractivity contribution >= 4 is 17.4 Å². The van der Waals surface area contributed by atoms with Crippen LogP contribution in [-0.4, -0.2) is 23.1 Å². The molecule has 0 saturated heterocycles. The smallest absolute Gasteiger partial charge is 0.416 e. The number of hydrogen-bond acceptors (Lipinski definition) is 4. The Morgan fingerprint density at radius 3 is 2.54 bits per heavy atom. The Morgan fingerprint density at radius 1 is 1.17 bits per heavy atom. The Balaban J connectivity index is 2.10. The molecule has 0 saturated carbocycles. The van der Waals surface area contributed by atoms with Gasteiger partial charge in [-0.25, -0.2) is 9.97 Å². The zero-order valence-corrected chi connectivity index (χ0v) is 12.7. The number of anilines is 1. The monoisotopic (exact) mass is 367 g/mol. The molecule has 0 aliphatic rings. The maximum absolute atomic E-state index is 12.7. The standard InChI is InChI=1S/C14H11ClF5N3O/c15-11-6-12(23-7-22-11)21-4-3-8-1-2-9(14(18,19)20)5-10(8)24-13(16)17/h1-2,5-7,13H,3-4H2,(H,21,22,23). The van der Waals surface area contributed by atoms with Gasteiger partial charge in [0.25, 0.3) is 0 Å². The molecule has 10 heteroatoms. The van der Waals surface area contributed by atoms with Gasteiger partial charge in [0.2, 0.25) is 0 Å². The van der Waals surface area contributed by atoms with E-state index in [1.54, 1.807) is 0 Å². The zero-order valence-electron chi connectivity index (χ0n) is 11.9. The van der Waals surface area contributed by atoms with E-state index in [4.69, 9.17) is 11.6 Å². The largest absolute Gasteiger partial charge is 0.435 e. The predicted octanol–water partition coefficient (Wildman–Crippen LogP) is 4.40. The molecular weight excluding hydrogens is 357 g/mol. The second-order valence-corrected chi connectivity index (χ2v) is 4.99. The Labute approximate surface area is 138 Å². The molecule has 1 N–H and O–H groups in total. The average Bonchev–Trinajstić information content (AvgIpc) is 2.47. The Kier molecular flexibility index (Phi) is 5.76. The van der Waals surface area contributed by atoms with Crippen LogP contribution < -0.4 is 10.1 Å². The van der Waals surface area contributed by atoms with Crippen LogP contribution in [0.25, 0.3) is 0 Å². The fourth-order valence-electron chi connectivity index (χ4n) is 1.90. The van der Waals surface area contributed by atoms with Crippen LogP contribution in [0.1, 0.15) is 11.1 Å². The van der Waals surface area contributed by atoms with Crippen molar-refractivity contribution < 1.29 is 26.7 Å². The van der Waals surface area contributed by atoms with Crippen LogP contribution in [0.3, 0.4) is 0 Å². The summed E-state index contributed by atoms with van der Waals surface area (Å²) in [5.74, 6) is -0.111. The molecule has 24 heavy (non-hydrogen) atoms. The molecule has 2 rings (SSSR count). The van der Waals surface area contributed by atoms with E-state index >= 15 is 0 Å². The highest BCUT2D eigenvalue weighted by Gasteiger charge is 2.31. The third-order valence-electron chi connectivity index (χ3n) is 2.94. The number of alkyl halides is 5. The van der Waals surface area contributed by atoms with Crippen LogP contribution in [-0.2, 0) is 12.6 Å². The van der Waals surface area contributed by atoms with E-state index in [-0.39, 0.29) is 23.7 Å². The molecule has 0 aliphatic carbocycles. The molecule has 0 fully saturated rings. The molecular formula is C14H11ClF5N3O. The summed E-state index contributed by atoms with van der Waals surface area (Å²) < 4.78 is 67.0. The van der Waals surface area contributed by atoms with Gasteiger partial charge in [-0.05, 0) is 24.1 Å². The zero-order chi connectivity index (χ0) is 17.7. The van der Waals surface area contributed by atoms with Crippen molar-refractivity contribution in [1.29, 1.82) is 0 Å². The topological polar surface area (TPSA) is 47.0 Å². The molecule has 0 aliphatic heterocycles. The molecule has 0 atom stereocenters. The SMILES string of the molecule is FC(F)Oc1cc(C(F)(F)F)ccc1CCNc1cc(Cl)ncn1. The summed E-state index contributed by atoms with van der Waals surface area (Å²) in [5.41, 5.74) is -0.853. The van der Waals surface area contributed by atoms with Gasteiger partial charge in [-0.15, -0.1) is 0 Å². The number of nitrogens with one attached hydrogen (secondary N) is 1. The normalized spacial score (nSPS) is 11.6. The first-order valence-corrected chi connectivity index (χ1v) is 7.00. The van der Waals surface area contributed by atoms with Gasteiger partial charge in [-0.3, -0.25) is 0 Å². The lowest BCUT2D eigenvalue weighted by molar-refractivity contribution is -0.138. The third kappa shape index (κ3) is 5.19. The van der Waals surface area contributed by atoms with Gasteiger partial charge < -0.3 is 10.1 Å². The minimum absolute atomic E-state index is 0.141. The fraction of sp³-hybridized carbons (Fsp3) is 0.286. The molecule has 0 amide bonds. The van der Waals surface area contributed by atoms with E-state index < -0.39 is 24.1 Å². The van der Waals surface area contributed by atoms with Crippen molar-refractivity contribution in [2.24, 2.45) is 0 Å². The van der Waals surface area contributed by atoms with Gasteiger partial charge in [-0.2, -0.15) is 22.0 Å². The first kappa shape index (κ1) is 18.2. The van der Waals surface area contributed by atoms with E-state index in [1.165, 1.54) is 12.4 Å². The second kappa shape index (κ2) is 7.61. The molecule has 0 radical (unpaired) electrons. The van der Waals surface area contributed by atoms with Crippen LogP contribution in [0.4, 0.5) is 27.8 Å². The van der Waals surface area contributed by atoms with E-state index in [1.807, 2.05) is 0 Å². The number of aromatic nitrogens is 2. The quantitative estimate of drug-likeness (QED) is 0.607. The number of nitrogens with zero attached hydrogens (tertiary/aromatic N) is 2. The molecule has 0 spiro atoms. The average molecular weight is 368 g/mol. The highest BCUT2D eigenvalue weighted by atomic mass is 35.5. The lowest BCUT2D eigenvalue weighted by atomic mass is 10.1. The minimum Gasteiger partial charge on any atom is -0.435 e. The highest BCUT2D eigenvalue weighted by Crippen LogP contribution is 2.33. The summed E-state index contributed by atoms with van der Waals surface area (Å²) in [6, 6.07) is 3.93. The molecule has 1 aromatic heterocycles. The van der Waals surface area contributed by atoms with Crippen LogP contribution in [0.15, 0.2) is 30.6 Å². The summed E-state index contributed by atoms with van der Waals surface area (Å²) in [6.45, 7) is -3.00. The van der Waals surface area contributed by atoms with E-state index in [9.17, 15) is 22.0 Å².